The zero-order valence-electron chi connectivity index (χ0n) is 83.0. The highest BCUT2D eigenvalue weighted by Crippen LogP contribution is 2.55. The lowest BCUT2D eigenvalue weighted by atomic mass is 9.91. The van der Waals surface area contributed by atoms with Gasteiger partial charge in [0.1, 0.15) is 23.3 Å². The van der Waals surface area contributed by atoms with Crippen molar-refractivity contribution in [3.63, 3.8) is 0 Å². The van der Waals surface area contributed by atoms with E-state index in [4.69, 9.17) is 0 Å². The van der Waals surface area contributed by atoms with Gasteiger partial charge < -0.3 is 19.6 Å². The molecule has 24 aromatic carbocycles. The minimum Gasteiger partial charge on any atom is -0.307 e. The molecule has 0 saturated carbocycles. The maximum absolute atomic E-state index is 17.0. The summed E-state index contributed by atoms with van der Waals surface area (Å²) in [6.45, 7) is 20.7. The summed E-state index contributed by atoms with van der Waals surface area (Å²) in [5.74, 6) is -1.29. The number of hydrogen-bond donors (Lipinski definition) is 0. The molecule has 146 heavy (non-hydrogen) atoms. The van der Waals surface area contributed by atoms with E-state index in [-0.39, 0.29) is 23.3 Å². The van der Waals surface area contributed by atoms with Crippen molar-refractivity contribution < 1.29 is 17.6 Å². The van der Waals surface area contributed by atoms with Gasteiger partial charge in [-0.2, -0.15) is 0 Å². The molecule has 0 aliphatic carbocycles. The Bertz CT molecular complexity index is 8290. The smallest absolute Gasteiger partial charge is 0.147 e. The normalized spacial score (nSPS) is 11.5. The van der Waals surface area contributed by atoms with Crippen molar-refractivity contribution in [3.05, 3.63) is 528 Å². The average molecular weight is 1890 g/mol. The minimum absolute atomic E-state index is 0.315. The molecule has 24 rings (SSSR count). The van der Waals surface area contributed by atoms with E-state index in [2.05, 4.69) is 439 Å². The second-order valence-electron chi connectivity index (χ2n) is 39.2. The molecule has 24 aromatic rings. The summed E-state index contributed by atoms with van der Waals surface area (Å²) in [6.07, 6.45) is 0. The lowest BCUT2D eigenvalue weighted by Gasteiger charge is -2.31. The Hall–Kier alpha value is -17.7. The second-order valence-corrected chi connectivity index (χ2v) is 39.2. The van der Waals surface area contributed by atoms with Crippen molar-refractivity contribution in [1.29, 1.82) is 0 Å². The molecule has 0 fully saturated rings. The highest BCUT2D eigenvalue weighted by atomic mass is 19.1. The summed E-state index contributed by atoms with van der Waals surface area (Å²) in [5.41, 5.74) is 36.4. The van der Waals surface area contributed by atoms with E-state index in [1.54, 1.807) is 36.4 Å². The van der Waals surface area contributed by atoms with Crippen LogP contribution in [-0.2, 0) is 0 Å². The summed E-state index contributed by atoms with van der Waals surface area (Å²) >= 11 is 0. The van der Waals surface area contributed by atoms with Crippen LogP contribution >= 0.6 is 0 Å². The Kier molecular flexibility index (Phi) is 24.1. The molecular weight excluding hydrogens is 1790 g/mol. The lowest BCUT2D eigenvalue weighted by Crippen LogP contribution is -2.15. The van der Waals surface area contributed by atoms with Gasteiger partial charge in [-0.05, 0) is 346 Å². The molecule has 0 heterocycles. The number of anilines is 12. The average Bonchev–Trinajstić information content (AvgIpc) is 0.717. The standard InChI is InChI=1S/C70H54F2N2.C68H50F2N2/c1-43-13-21-49(22-14-43)55-37-56(50-23-15-44(2)16-24-50)40-59(39-55)73(69-47(5)9-7-11-63(69)71)65-35-31-53-30-34-62-66(36-32-54-29-33-61(65)67(53)68(54)62)74(70-48(6)10-8-12-64(70)72)60-41-57(51-25-17-45(3)18-26-51)38-58(42-60)52-27-19-46(4)20-28-52;1-43-13-21-47(22-14-43)53-37-54(48-23-15-44(2)16-24-48)40-57(39-53)71(65-11-7-5-9-61(65)69)63-35-31-51-30-34-60-64(36-32-52-29-33-59(63)67(51)68(52)60)72(66-12-8-6-10-62(66)70)58-41-55(49-25-17-45(3)18-26-49)38-56(42-58)50-27-19-46(4)20-28-50/h7-42H,1-6H3;5-42H,1-4H3. The second kappa shape index (κ2) is 38.3. The SMILES string of the molecule is Cc1ccc(-c2cc(-c3ccc(C)cc3)cc(N(c3c(C)cccc3F)c3ccc4ccc5c(N(c6cc(-c7ccc(C)cc7)cc(-c7ccc(C)cc7)c6)c6c(C)cccc6F)ccc6ccc3c4c65)c2)cc1.Cc1ccc(-c2cc(-c3ccc(C)cc3)cc(N(c3ccccc3F)c3ccc4ccc5c(N(c6cc(-c7ccc(C)cc7)cc(-c7ccc(C)cc7)c6)c6ccccc6F)ccc6ccc3c4c65)c2)cc1. The molecule has 0 bridgehead atoms. The quantitative estimate of drug-likeness (QED) is 0.0557. The predicted molar refractivity (Wildman–Crippen MR) is 610 cm³/mol. The van der Waals surface area contributed by atoms with E-state index in [0.29, 0.717) is 22.7 Å². The van der Waals surface area contributed by atoms with E-state index in [0.717, 1.165) is 210 Å². The van der Waals surface area contributed by atoms with E-state index >= 15 is 17.6 Å². The van der Waals surface area contributed by atoms with Crippen molar-refractivity contribution >= 4 is 133 Å². The third-order valence-electron chi connectivity index (χ3n) is 29.0. The molecule has 0 saturated heterocycles. The van der Waals surface area contributed by atoms with Crippen LogP contribution in [0, 0.1) is 92.5 Å². The molecular formula is C138H104F4N4. The Balaban J connectivity index is 0.000000161. The highest BCUT2D eigenvalue weighted by molar-refractivity contribution is 6.30. The van der Waals surface area contributed by atoms with Gasteiger partial charge in [0.05, 0.1) is 45.5 Å². The molecule has 0 spiro atoms. The third kappa shape index (κ3) is 17.5. The fourth-order valence-corrected chi connectivity index (χ4v) is 21.3. The minimum atomic E-state index is -0.332. The molecule has 0 radical (unpaired) electrons. The molecule has 0 atom stereocenters. The van der Waals surface area contributed by atoms with Crippen molar-refractivity contribution in [3.8, 4) is 89.0 Å². The van der Waals surface area contributed by atoms with Gasteiger partial charge in [-0.15, -0.1) is 0 Å². The van der Waals surface area contributed by atoms with Crippen LogP contribution in [-0.4, -0.2) is 0 Å². The number of para-hydroxylation sites is 4. The molecule has 704 valence electrons. The van der Waals surface area contributed by atoms with E-state index in [9.17, 15) is 0 Å². The first-order valence-corrected chi connectivity index (χ1v) is 49.9. The monoisotopic (exact) mass is 1890 g/mol. The summed E-state index contributed by atoms with van der Waals surface area (Å²) in [7, 11) is 0. The van der Waals surface area contributed by atoms with Crippen LogP contribution in [0.2, 0.25) is 0 Å². The third-order valence-corrected chi connectivity index (χ3v) is 29.0. The van der Waals surface area contributed by atoms with Gasteiger partial charge in [0, 0.05) is 44.3 Å². The van der Waals surface area contributed by atoms with Gasteiger partial charge in [-0.25, -0.2) is 17.6 Å². The van der Waals surface area contributed by atoms with Crippen LogP contribution in [0.5, 0.6) is 0 Å². The van der Waals surface area contributed by atoms with Crippen molar-refractivity contribution in [2.24, 2.45) is 0 Å². The summed E-state index contributed by atoms with van der Waals surface area (Å²) in [4.78, 5) is 8.38. The predicted octanol–water partition coefficient (Wildman–Crippen LogP) is 40.0. The zero-order chi connectivity index (χ0) is 99.8. The first-order chi connectivity index (χ1) is 71.1. The fraction of sp³-hybridized carbons (Fsp3) is 0.0725. The van der Waals surface area contributed by atoms with Gasteiger partial charge in [-0.3, -0.25) is 0 Å². The Morgan fingerprint density at radius 1 is 0.144 bits per heavy atom. The summed E-state index contributed by atoms with van der Waals surface area (Å²) < 4.78 is 67.3. The molecule has 0 aromatic heterocycles. The van der Waals surface area contributed by atoms with Gasteiger partial charge in [0.15, 0.2) is 0 Å². The van der Waals surface area contributed by atoms with Crippen molar-refractivity contribution in [2.75, 3.05) is 19.6 Å². The largest absolute Gasteiger partial charge is 0.307 e. The van der Waals surface area contributed by atoms with E-state index in [1.165, 1.54) is 56.6 Å². The Labute approximate surface area is 850 Å². The number of aryl methyl sites for hydroxylation is 10. The molecule has 0 aliphatic rings. The number of rotatable bonds is 20. The Morgan fingerprint density at radius 3 is 0.534 bits per heavy atom. The van der Waals surface area contributed by atoms with Gasteiger partial charge in [0.2, 0.25) is 0 Å². The molecule has 0 N–H and O–H groups in total. The van der Waals surface area contributed by atoms with Gasteiger partial charge in [-0.1, -0.05) is 360 Å². The summed E-state index contributed by atoms with van der Waals surface area (Å²) in [6, 6.07) is 154. The number of halogens is 4. The number of nitrogens with zero attached hydrogens (tertiary/aromatic N) is 4. The molecule has 0 amide bonds. The maximum atomic E-state index is 17.0. The Morgan fingerprint density at radius 2 is 0.329 bits per heavy atom. The van der Waals surface area contributed by atoms with Crippen LogP contribution in [0.25, 0.3) is 154 Å². The van der Waals surface area contributed by atoms with Crippen LogP contribution in [0.4, 0.5) is 85.8 Å². The maximum Gasteiger partial charge on any atom is 0.147 e. The van der Waals surface area contributed by atoms with Crippen LogP contribution in [0.3, 0.4) is 0 Å². The summed E-state index contributed by atoms with van der Waals surface area (Å²) in [5, 5.41) is 12.2. The molecule has 0 aliphatic heterocycles. The van der Waals surface area contributed by atoms with Crippen LogP contribution in [0.15, 0.2) is 449 Å². The van der Waals surface area contributed by atoms with E-state index < -0.39 is 0 Å². The van der Waals surface area contributed by atoms with E-state index in [1.807, 2.05) is 50.2 Å². The van der Waals surface area contributed by atoms with Gasteiger partial charge in [0.25, 0.3) is 0 Å². The molecule has 8 heteroatoms. The molecule has 0 unspecified atom stereocenters. The van der Waals surface area contributed by atoms with Gasteiger partial charge >= 0.3 is 0 Å². The van der Waals surface area contributed by atoms with Crippen molar-refractivity contribution in [2.45, 2.75) is 69.2 Å². The van der Waals surface area contributed by atoms with Crippen LogP contribution < -0.4 is 19.6 Å². The number of benzene rings is 24. The number of hydrogen-bond acceptors (Lipinski definition) is 4. The van der Waals surface area contributed by atoms with Crippen molar-refractivity contribution in [1.82, 2.24) is 0 Å². The first-order valence-electron chi connectivity index (χ1n) is 49.9. The fourth-order valence-electron chi connectivity index (χ4n) is 21.3. The molecule has 4 nitrogen and oxygen atoms in total. The topological polar surface area (TPSA) is 13.0 Å². The lowest BCUT2D eigenvalue weighted by molar-refractivity contribution is 0.627. The highest BCUT2D eigenvalue weighted by Gasteiger charge is 2.31. The first kappa shape index (κ1) is 92.0. The van der Waals surface area contributed by atoms with Crippen LogP contribution in [0.1, 0.15) is 55.6 Å². The zero-order valence-corrected chi connectivity index (χ0v) is 83.0.